The van der Waals surface area contributed by atoms with Crippen LogP contribution in [0.15, 0.2) is 29.2 Å². The van der Waals surface area contributed by atoms with Gasteiger partial charge in [0.25, 0.3) is 0 Å². The van der Waals surface area contributed by atoms with Gasteiger partial charge in [0, 0.05) is 12.0 Å². The minimum Gasteiger partial charge on any atom is -0.465 e. The fourth-order valence-corrected chi connectivity index (χ4v) is 3.27. The highest BCUT2D eigenvalue weighted by Gasteiger charge is 2.35. The molecule has 1 saturated heterocycles. The number of esters is 1. The van der Waals surface area contributed by atoms with E-state index in [4.69, 9.17) is 4.74 Å². The zero-order valence-corrected chi connectivity index (χ0v) is 12.2. The Bertz CT molecular complexity index is 607. The highest BCUT2D eigenvalue weighted by atomic mass is 32.2. The van der Waals surface area contributed by atoms with Crippen LogP contribution in [-0.2, 0) is 19.5 Å². The number of benzene rings is 1. The molecule has 0 unspecified atom stereocenters. The molecular formula is C13H17NO5S. The summed E-state index contributed by atoms with van der Waals surface area (Å²) in [6, 6.07) is 5.96. The van der Waals surface area contributed by atoms with Gasteiger partial charge in [-0.1, -0.05) is 19.1 Å². The van der Waals surface area contributed by atoms with Gasteiger partial charge >= 0.3 is 5.97 Å². The van der Waals surface area contributed by atoms with Crippen LogP contribution < -0.4 is 4.72 Å². The highest BCUT2D eigenvalue weighted by molar-refractivity contribution is 7.89. The van der Waals surface area contributed by atoms with Crippen LogP contribution in [-0.4, -0.2) is 41.3 Å². The molecule has 0 atom stereocenters. The third-order valence-electron chi connectivity index (χ3n) is 3.17. The molecular weight excluding hydrogens is 282 g/mol. The van der Waals surface area contributed by atoms with E-state index in [2.05, 4.69) is 9.46 Å². The van der Waals surface area contributed by atoms with Gasteiger partial charge in [-0.3, -0.25) is 0 Å². The first kappa shape index (κ1) is 15.0. The normalized spacial score (nSPS) is 17.3. The molecule has 0 amide bonds. The van der Waals surface area contributed by atoms with Crippen molar-refractivity contribution in [3.05, 3.63) is 29.8 Å². The summed E-state index contributed by atoms with van der Waals surface area (Å²) in [7, 11) is -2.55. The van der Waals surface area contributed by atoms with E-state index >= 15 is 0 Å². The maximum absolute atomic E-state index is 12.3. The Balaban J connectivity index is 2.23. The number of sulfonamides is 1. The summed E-state index contributed by atoms with van der Waals surface area (Å²) in [5, 5.41) is 0. The van der Waals surface area contributed by atoms with Crippen molar-refractivity contribution in [2.75, 3.05) is 26.9 Å². The van der Waals surface area contributed by atoms with Crippen LogP contribution in [0.5, 0.6) is 0 Å². The Morgan fingerprint density at radius 2 is 2.05 bits per heavy atom. The summed E-state index contributed by atoms with van der Waals surface area (Å²) in [6.07, 6.45) is 0. The Morgan fingerprint density at radius 3 is 2.60 bits per heavy atom. The number of nitrogens with one attached hydrogen (secondary N) is 1. The Kier molecular flexibility index (Phi) is 4.12. The highest BCUT2D eigenvalue weighted by Crippen LogP contribution is 2.26. The van der Waals surface area contributed by atoms with Crippen molar-refractivity contribution >= 4 is 16.0 Å². The average molecular weight is 299 g/mol. The van der Waals surface area contributed by atoms with Gasteiger partial charge in [-0.15, -0.1) is 0 Å². The molecule has 2 rings (SSSR count). The third kappa shape index (κ3) is 3.00. The molecule has 7 heteroatoms. The van der Waals surface area contributed by atoms with Crippen molar-refractivity contribution in [1.82, 2.24) is 4.72 Å². The van der Waals surface area contributed by atoms with Crippen molar-refractivity contribution in [2.24, 2.45) is 5.41 Å². The van der Waals surface area contributed by atoms with E-state index in [0.29, 0.717) is 13.2 Å². The van der Waals surface area contributed by atoms with Gasteiger partial charge in [-0.25, -0.2) is 17.9 Å². The summed E-state index contributed by atoms with van der Waals surface area (Å²) >= 11 is 0. The average Bonchev–Trinajstić information content (AvgIpc) is 2.42. The van der Waals surface area contributed by atoms with Crippen molar-refractivity contribution in [2.45, 2.75) is 11.8 Å². The first-order valence-electron chi connectivity index (χ1n) is 6.13. The van der Waals surface area contributed by atoms with E-state index in [0.717, 1.165) is 0 Å². The largest absolute Gasteiger partial charge is 0.465 e. The zero-order chi connectivity index (χ0) is 14.8. The summed E-state index contributed by atoms with van der Waals surface area (Å²) < 4.78 is 36.8. The van der Waals surface area contributed by atoms with Crippen molar-refractivity contribution < 1.29 is 22.7 Å². The summed E-state index contributed by atoms with van der Waals surface area (Å²) in [5.41, 5.74) is -0.162. The fourth-order valence-electron chi connectivity index (χ4n) is 1.88. The first-order chi connectivity index (χ1) is 9.38. The second-order valence-corrected chi connectivity index (χ2v) is 6.85. The molecule has 1 aliphatic rings. The molecule has 0 radical (unpaired) electrons. The van der Waals surface area contributed by atoms with Crippen LogP contribution in [0.25, 0.3) is 0 Å². The van der Waals surface area contributed by atoms with Crippen LogP contribution >= 0.6 is 0 Å². The number of hydrogen-bond acceptors (Lipinski definition) is 5. The number of rotatable bonds is 5. The quantitative estimate of drug-likeness (QED) is 0.813. The van der Waals surface area contributed by atoms with Gasteiger partial charge in [-0.2, -0.15) is 0 Å². The number of methoxy groups -OCH3 is 1. The van der Waals surface area contributed by atoms with Gasteiger partial charge in [0.15, 0.2) is 0 Å². The SMILES string of the molecule is COC(=O)c1ccccc1S(=O)(=O)NCC1(C)COC1. The third-order valence-corrected chi connectivity index (χ3v) is 4.63. The van der Waals surface area contributed by atoms with Gasteiger partial charge in [0.1, 0.15) is 0 Å². The van der Waals surface area contributed by atoms with E-state index in [1.807, 2.05) is 6.92 Å². The topological polar surface area (TPSA) is 81.7 Å². The van der Waals surface area contributed by atoms with Crippen molar-refractivity contribution in [3.8, 4) is 0 Å². The predicted octanol–water partition coefficient (Wildman–Crippen LogP) is 0.788. The van der Waals surface area contributed by atoms with Crippen LogP contribution in [0, 0.1) is 5.41 Å². The van der Waals surface area contributed by atoms with Crippen molar-refractivity contribution in [1.29, 1.82) is 0 Å². The number of hydrogen-bond donors (Lipinski definition) is 1. The van der Waals surface area contributed by atoms with Crippen molar-refractivity contribution in [3.63, 3.8) is 0 Å². The molecule has 1 heterocycles. The van der Waals surface area contributed by atoms with Crippen LogP contribution in [0.3, 0.4) is 0 Å². The maximum Gasteiger partial charge on any atom is 0.339 e. The minimum atomic E-state index is -3.76. The number of carbonyl (C=O) groups is 1. The van der Waals surface area contributed by atoms with Gasteiger partial charge in [0.05, 0.1) is 30.8 Å². The molecule has 0 aromatic heterocycles. The molecule has 1 aliphatic heterocycles. The molecule has 1 aromatic carbocycles. The fraction of sp³-hybridized carbons (Fsp3) is 0.462. The van der Waals surface area contributed by atoms with E-state index in [-0.39, 0.29) is 22.4 Å². The second-order valence-electron chi connectivity index (χ2n) is 5.12. The Labute approximate surface area is 118 Å². The van der Waals surface area contributed by atoms with Gasteiger partial charge < -0.3 is 9.47 Å². The van der Waals surface area contributed by atoms with Crippen LogP contribution in [0.4, 0.5) is 0 Å². The number of ether oxygens (including phenoxy) is 2. The zero-order valence-electron chi connectivity index (χ0n) is 11.4. The lowest BCUT2D eigenvalue weighted by Crippen LogP contribution is -2.48. The molecule has 1 N–H and O–H groups in total. The number of carbonyl (C=O) groups excluding carboxylic acids is 1. The molecule has 1 aromatic rings. The Hall–Kier alpha value is -1.44. The first-order valence-corrected chi connectivity index (χ1v) is 7.61. The lowest BCUT2D eigenvalue weighted by atomic mass is 9.89. The monoisotopic (exact) mass is 299 g/mol. The maximum atomic E-state index is 12.3. The van der Waals surface area contributed by atoms with E-state index < -0.39 is 16.0 Å². The molecule has 110 valence electrons. The molecule has 6 nitrogen and oxygen atoms in total. The molecule has 0 aliphatic carbocycles. The summed E-state index contributed by atoms with van der Waals surface area (Å²) in [4.78, 5) is 11.5. The summed E-state index contributed by atoms with van der Waals surface area (Å²) in [5.74, 6) is -0.677. The van der Waals surface area contributed by atoms with E-state index in [1.165, 1.54) is 19.2 Å². The molecule has 0 bridgehead atoms. The standard InChI is InChI=1S/C13H17NO5S/c1-13(8-19-9-13)7-14-20(16,17)11-6-4-3-5-10(11)12(15)18-2/h3-6,14H,7-9H2,1-2H3. The van der Waals surface area contributed by atoms with E-state index in [1.54, 1.807) is 12.1 Å². The summed E-state index contributed by atoms with van der Waals surface area (Å²) in [6.45, 7) is 3.25. The minimum absolute atomic E-state index is 0.0255. The smallest absolute Gasteiger partial charge is 0.339 e. The lowest BCUT2D eigenvalue weighted by Gasteiger charge is -2.37. The van der Waals surface area contributed by atoms with Crippen LogP contribution in [0.1, 0.15) is 17.3 Å². The Morgan fingerprint density at radius 1 is 1.40 bits per heavy atom. The second kappa shape index (κ2) is 5.51. The lowest BCUT2D eigenvalue weighted by molar-refractivity contribution is -0.0965. The molecule has 1 fully saturated rings. The van der Waals surface area contributed by atoms with Gasteiger partial charge in [0.2, 0.25) is 10.0 Å². The predicted molar refractivity (Wildman–Crippen MR) is 71.9 cm³/mol. The van der Waals surface area contributed by atoms with Crippen LogP contribution in [0.2, 0.25) is 0 Å². The molecule has 0 saturated carbocycles. The molecule has 0 spiro atoms. The molecule has 20 heavy (non-hydrogen) atoms. The van der Waals surface area contributed by atoms with Gasteiger partial charge in [-0.05, 0) is 12.1 Å². The van der Waals surface area contributed by atoms with E-state index in [9.17, 15) is 13.2 Å².